The van der Waals surface area contributed by atoms with Gasteiger partial charge in [0, 0.05) is 11.4 Å². The fourth-order valence-electron chi connectivity index (χ4n) is 2.25. The van der Waals surface area contributed by atoms with Gasteiger partial charge in [-0.05, 0) is 56.5 Å². The summed E-state index contributed by atoms with van der Waals surface area (Å²) in [7, 11) is 0. The lowest BCUT2D eigenvalue weighted by atomic mass is 10.1. The molecule has 0 spiro atoms. The number of ether oxygens (including phenoxy) is 1. The van der Waals surface area contributed by atoms with Gasteiger partial charge < -0.3 is 4.74 Å². The number of amides is 1. The second kappa shape index (κ2) is 9.23. The Kier molecular flexibility index (Phi) is 7.02. The first-order valence-electron chi connectivity index (χ1n) is 8.25. The summed E-state index contributed by atoms with van der Waals surface area (Å²) in [5.74, 6) is 0.668. The Balaban J connectivity index is 1.73. The molecule has 0 aliphatic heterocycles. The van der Waals surface area contributed by atoms with Crippen molar-refractivity contribution < 1.29 is 9.53 Å². The monoisotopic (exact) mass is 358 g/mol. The third-order valence-electron chi connectivity index (χ3n) is 3.76. The van der Waals surface area contributed by atoms with E-state index in [0.29, 0.717) is 24.5 Å². The minimum absolute atomic E-state index is 0.122. The van der Waals surface area contributed by atoms with E-state index in [-0.39, 0.29) is 5.91 Å². The quantitative estimate of drug-likeness (QED) is 0.444. The number of carbonyl (C=O) groups excluding carboxylic acids is 1. The number of nitrogens with one attached hydrogen (secondary N) is 1. The molecule has 25 heavy (non-hydrogen) atoms. The van der Waals surface area contributed by atoms with Gasteiger partial charge in [-0.2, -0.15) is 5.10 Å². The lowest BCUT2D eigenvalue weighted by Crippen LogP contribution is -2.19. The van der Waals surface area contributed by atoms with Crippen LogP contribution in [0.1, 0.15) is 36.5 Å². The molecule has 0 aromatic heterocycles. The highest BCUT2D eigenvalue weighted by molar-refractivity contribution is 6.30. The van der Waals surface area contributed by atoms with Gasteiger partial charge in [0.25, 0.3) is 0 Å². The molecule has 0 aliphatic carbocycles. The molecule has 1 N–H and O–H groups in total. The number of aryl methyl sites for hydroxylation is 2. The SMILES string of the molecule is C/C(=N\NC(=O)CCCOc1ccc(Cl)cc1C)c1ccc(C)cc1. The Labute approximate surface area is 153 Å². The van der Waals surface area contributed by atoms with Gasteiger partial charge in [0.1, 0.15) is 5.75 Å². The number of rotatable bonds is 7. The maximum absolute atomic E-state index is 11.9. The van der Waals surface area contributed by atoms with Gasteiger partial charge in [-0.25, -0.2) is 5.43 Å². The van der Waals surface area contributed by atoms with Crippen LogP contribution in [0, 0.1) is 13.8 Å². The molecule has 5 heteroatoms. The summed E-state index contributed by atoms with van der Waals surface area (Å²) in [6, 6.07) is 13.5. The highest BCUT2D eigenvalue weighted by atomic mass is 35.5. The average molecular weight is 359 g/mol. The summed E-state index contributed by atoms with van der Waals surface area (Å²) in [5, 5.41) is 4.83. The van der Waals surface area contributed by atoms with Crippen LogP contribution in [-0.2, 0) is 4.79 Å². The molecular formula is C20H23ClN2O2. The fourth-order valence-corrected chi connectivity index (χ4v) is 2.48. The summed E-state index contributed by atoms with van der Waals surface area (Å²) in [4.78, 5) is 11.9. The van der Waals surface area contributed by atoms with Crippen LogP contribution in [0.5, 0.6) is 5.75 Å². The topological polar surface area (TPSA) is 50.7 Å². The van der Waals surface area contributed by atoms with E-state index in [1.165, 1.54) is 5.56 Å². The number of nitrogens with zero attached hydrogens (tertiary/aromatic N) is 1. The highest BCUT2D eigenvalue weighted by Gasteiger charge is 2.04. The van der Waals surface area contributed by atoms with Gasteiger partial charge in [0.2, 0.25) is 5.91 Å². The Morgan fingerprint density at radius 1 is 1.16 bits per heavy atom. The van der Waals surface area contributed by atoms with Crippen molar-refractivity contribution in [3.05, 3.63) is 64.2 Å². The van der Waals surface area contributed by atoms with Crippen molar-refractivity contribution in [2.24, 2.45) is 5.10 Å². The third kappa shape index (κ3) is 6.24. The van der Waals surface area contributed by atoms with Gasteiger partial charge in [0.15, 0.2) is 0 Å². The molecule has 0 aliphatic rings. The van der Waals surface area contributed by atoms with Crippen LogP contribution in [-0.4, -0.2) is 18.2 Å². The van der Waals surface area contributed by atoms with E-state index in [1.54, 1.807) is 6.07 Å². The standard InChI is InChI=1S/C20H23ClN2O2/c1-14-6-8-17(9-7-14)16(3)22-23-20(24)5-4-12-25-19-11-10-18(21)13-15(19)2/h6-11,13H,4-5,12H2,1-3H3,(H,23,24)/b22-16+. The molecule has 0 atom stereocenters. The lowest BCUT2D eigenvalue weighted by molar-refractivity contribution is -0.121. The number of hydrazone groups is 1. The van der Waals surface area contributed by atoms with Crippen LogP contribution in [0.25, 0.3) is 0 Å². The number of hydrogen-bond acceptors (Lipinski definition) is 3. The van der Waals surface area contributed by atoms with E-state index >= 15 is 0 Å². The van der Waals surface area contributed by atoms with Gasteiger partial charge in [-0.1, -0.05) is 41.4 Å². The third-order valence-corrected chi connectivity index (χ3v) is 4.00. The summed E-state index contributed by atoms with van der Waals surface area (Å²) >= 11 is 5.91. The first-order valence-corrected chi connectivity index (χ1v) is 8.62. The predicted octanol–water partition coefficient (Wildman–Crippen LogP) is 4.66. The van der Waals surface area contributed by atoms with Gasteiger partial charge >= 0.3 is 0 Å². The maximum atomic E-state index is 11.9. The second-order valence-corrected chi connectivity index (χ2v) is 6.40. The number of carbonyl (C=O) groups is 1. The molecule has 0 bridgehead atoms. The minimum atomic E-state index is -0.122. The second-order valence-electron chi connectivity index (χ2n) is 5.96. The molecule has 2 rings (SSSR count). The van der Waals surface area contributed by atoms with E-state index in [2.05, 4.69) is 10.5 Å². The van der Waals surface area contributed by atoms with Crippen LogP contribution >= 0.6 is 11.6 Å². The van der Waals surface area contributed by atoms with Crippen molar-refractivity contribution in [3.63, 3.8) is 0 Å². The number of hydrogen-bond donors (Lipinski definition) is 1. The van der Waals surface area contributed by atoms with Crippen LogP contribution in [0.2, 0.25) is 5.02 Å². The summed E-state index contributed by atoms with van der Waals surface area (Å²) in [5.41, 5.74) is 6.53. The molecule has 0 fully saturated rings. The molecule has 132 valence electrons. The van der Waals surface area contributed by atoms with Crippen molar-refractivity contribution in [2.45, 2.75) is 33.6 Å². The lowest BCUT2D eigenvalue weighted by Gasteiger charge is -2.09. The van der Waals surface area contributed by atoms with Crippen molar-refractivity contribution in [1.29, 1.82) is 0 Å². The van der Waals surface area contributed by atoms with Crippen LogP contribution in [0.3, 0.4) is 0 Å². The summed E-state index contributed by atoms with van der Waals surface area (Å²) in [6.45, 7) is 6.32. The molecule has 0 heterocycles. The number of halogens is 1. The summed E-state index contributed by atoms with van der Waals surface area (Å²) in [6.07, 6.45) is 0.977. The Bertz CT molecular complexity index is 755. The van der Waals surface area contributed by atoms with Crippen molar-refractivity contribution in [2.75, 3.05) is 6.61 Å². The van der Waals surface area contributed by atoms with E-state index < -0.39 is 0 Å². The molecule has 0 saturated heterocycles. The molecule has 0 unspecified atom stereocenters. The minimum Gasteiger partial charge on any atom is -0.493 e. The normalized spacial score (nSPS) is 11.3. The zero-order valence-electron chi connectivity index (χ0n) is 14.8. The highest BCUT2D eigenvalue weighted by Crippen LogP contribution is 2.21. The first-order chi connectivity index (χ1) is 12.0. The number of benzene rings is 2. The van der Waals surface area contributed by atoms with E-state index in [4.69, 9.17) is 16.3 Å². The zero-order valence-corrected chi connectivity index (χ0v) is 15.6. The smallest absolute Gasteiger partial charge is 0.240 e. The molecule has 2 aromatic rings. The van der Waals surface area contributed by atoms with Crippen molar-refractivity contribution >= 4 is 23.2 Å². The van der Waals surface area contributed by atoms with E-state index in [1.807, 2.05) is 57.2 Å². The van der Waals surface area contributed by atoms with Crippen molar-refractivity contribution in [1.82, 2.24) is 5.43 Å². The average Bonchev–Trinajstić information content (AvgIpc) is 2.58. The van der Waals surface area contributed by atoms with Gasteiger partial charge in [-0.3, -0.25) is 4.79 Å². The molecule has 2 aromatic carbocycles. The van der Waals surface area contributed by atoms with Gasteiger partial charge in [-0.15, -0.1) is 0 Å². The fraction of sp³-hybridized carbons (Fsp3) is 0.300. The van der Waals surface area contributed by atoms with Crippen LogP contribution in [0.4, 0.5) is 0 Å². The Hall–Kier alpha value is -2.33. The molecule has 1 amide bonds. The molecule has 0 saturated carbocycles. The zero-order chi connectivity index (χ0) is 18.2. The first kappa shape index (κ1) is 19.0. The van der Waals surface area contributed by atoms with E-state index in [0.717, 1.165) is 22.6 Å². The van der Waals surface area contributed by atoms with Crippen LogP contribution in [0.15, 0.2) is 47.6 Å². The maximum Gasteiger partial charge on any atom is 0.240 e. The van der Waals surface area contributed by atoms with Gasteiger partial charge in [0.05, 0.1) is 12.3 Å². The Morgan fingerprint density at radius 2 is 1.88 bits per heavy atom. The molecular weight excluding hydrogens is 336 g/mol. The van der Waals surface area contributed by atoms with Crippen molar-refractivity contribution in [3.8, 4) is 5.75 Å². The largest absolute Gasteiger partial charge is 0.493 e. The molecule has 0 radical (unpaired) electrons. The Morgan fingerprint density at radius 3 is 2.56 bits per heavy atom. The summed E-state index contributed by atoms with van der Waals surface area (Å²) < 4.78 is 5.67. The predicted molar refractivity (Wildman–Crippen MR) is 102 cm³/mol. The molecule has 4 nitrogen and oxygen atoms in total. The van der Waals surface area contributed by atoms with Crippen LogP contribution < -0.4 is 10.2 Å². The van der Waals surface area contributed by atoms with E-state index in [9.17, 15) is 4.79 Å².